The van der Waals surface area contributed by atoms with Gasteiger partial charge in [0, 0.05) is 25.6 Å². The molecule has 5 heteroatoms. The monoisotopic (exact) mass is 260 g/mol. The number of aryl methyl sites for hydroxylation is 1. The molecule has 0 unspecified atom stereocenters. The van der Waals surface area contributed by atoms with Crippen LogP contribution in [0.5, 0.6) is 0 Å². The summed E-state index contributed by atoms with van der Waals surface area (Å²) in [5, 5.41) is 4.15. The molecule has 0 saturated carbocycles. The molecule has 0 radical (unpaired) electrons. The molecule has 0 bridgehead atoms. The second-order valence-electron chi connectivity index (χ2n) is 4.02. The van der Waals surface area contributed by atoms with E-state index in [-0.39, 0.29) is 24.4 Å². The molecule has 1 aromatic heterocycles. The Morgan fingerprint density at radius 1 is 1.62 bits per heavy atom. The van der Waals surface area contributed by atoms with Crippen LogP contribution in [0.2, 0.25) is 0 Å². The summed E-state index contributed by atoms with van der Waals surface area (Å²) in [7, 11) is 0. The standard InChI is InChI=1S/C11H16N2OS.ClH/c12-10-3-5-13(7-10)11(14)2-1-9-4-6-15-8-9;/h4,6,8,10H,1-3,5,7,12H2;1H/t10-;/m1./s1. The Kier molecular flexibility index (Phi) is 5.25. The largest absolute Gasteiger partial charge is 0.341 e. The van der Waals surface area contributed by atoms with Gasteiger partial charge in [0.25, 0.3) is 0 Å². The quantitative estimate of drug-likeness (QED) is 0.899. The number of carbonyl (C=O) groups is 1. The Morgan fingerprint density at radius 2 is 2.44 bits per heavy atom. The van der Waals surface area contributed by atoms with E-state index in [9.17, 15) is 4.79 Å². The molecule has 1 saturated heterocycles. The van der Waals surface area contributed by atoms with Gasteiger partial charge in [-0.25, -0.2) is 0 Å². The number of hydrogen-bond acceptors (Lipinski definition) is 3. The van der Waals surface area contributed by atoms with E-state index < -0.39 is 0 Å². The van der Waals surface area contributed by atoms with Crippen molar-refractivity contribution in [3.05, 3.63) is 22.4 Å². The summed E-state index contributed by atoms with van der Waals surface area (Å²) in [5.74, 6) is 0.245. The molecule has 2 heterocycles. The van der Waals surface area contributed by atoms with E-state index in [4.69, 9.17) is 5.73 Å². The Labute approximate surface area is 106 Å². The van der Waals surface area contributed by atoms with Gasteiger partial charge in [0.1, 0.15) is 0 Å². The molecule has 1 amide bonds. The Bertz CT molecular complexity index is 329. The van der Waals surface area contributed by atoms with Crippen LogP contribution < -0.4 is 5.73 Å². The molecule has 1 atom stereocenters. The first-order chi connectivity index (χ1) is 7.25. The highest BCUT2D eigenvalue weighted by Crippen LogP contribution is 2.12. The Balaban J connectivity index is 0.00000128. The van der Waals surface area contributed by atoms with Gasteiger partial charge in [-0.05, 0) is 35.2 Å². The second-order valence-corrected chi connectivity index (χ2v) is 4.80. The van der Waals surface area contributed by atoms with Crippen molar-refractivity contribution in [2.75, 3.05) is 13.1 Å². The van der Waals surface area contributed by atoms with Gasteiger partial charge in [-0.15, -0.1) is 12.4 Å². The molecule has 2 rings (SSSR count). The van der Waals surface area contributed by atoms with E-state index in [2.05, 4.69) is 11.4 Å². The molecular formula is C11H17ClN2OS. The zero-order chi connectivity index (χ0) is 10.7. The fraction of sp³-hybridized carbons (Fsp3) is 0.545. The molecule has 16 heavy (non-hydrogen) atoms. The third-order valence-corrected chi connectivity index (χ3v) is 3.52. The third kappa shape index (κ3) is 3.47. The third-order valence-electron chi connectivity index (χ3n) is 2.79. The molecule has 1 aliphatic heterocycles. The van der Waals surface area contributed by atoms with Crippen LogP contribution in [0.25, 0.3) is 0 Å². The molecule has 1 aromatic rings. The molecule has 0 aliphatic carbocycles. The predicted octanol–water partition coefficient (Wildman–Crippen LogP) is 1.66. The van der Waals surface area contributed by atoms with Crippen LogP contribution in [-0.4, -0.2) is 29.9 Å². The first-order valence-corrected chi connectivity index (χ1v) is 6.24. The summed E-state index contributed by atoms with van der Waals surface area (Å²) in [4.78, 5) is 13.6. The molecule has 3 nitrogen and oxygen atoms in total. The van der Waals surface area contributed by atoms with E-state index in [0.29, 0.717) is 6.42 Å². The SMILES string of the molecule is Cl.N[C@@H]1CCN(C(=O)CCc2ccsc2)C1. The lowest BCUT2D eigenvalue weighted by Crippen LogP contribution is -2.31. The summed E-state index contributed by atoms with van der Waals surface area (Å²) >= 11 is 1.68. The Hall–Kier alpha value is -0.580. The highest BCUT2D eigenvalue weighted by Gasteiger charge is 2.22. The van der Waals surface area contributed by atoms with Gasteiger partial charge in [0.15, 0.2) is 0 Å². The summed E-state index contributed by atoms with van der Waals surface area (Å²) in [5.41, 5.74) is 7.02. The van der Waals surface area contributed by atoms with Crippen molar-refractivity contribution in [3.63, 3.8) is 0 Å². The predicted molar refractivity (Wildman–Crippen MR) is 69.1 cm³/mol. The van der Waals surface area contributed by atoms with Crippen LogP contribution in [-0.2, 0) is 11.2 Å². The summed E-state index contributed by atoms with van der Waals surface area (Å²) in [6.45, 7) is 1.58. The zero-order valence-electron chi connectivity index (χ0n) is 9.09. The molecule has 90 valence electrons. The van der Waals surface area contributed by atoms with Crippen LogP contribution in [0.4, 0.5) is 0 Å². The fourth-order valence-corrected chi connectivity index (χ4v) is 2.56. The smallest absolute Gasteiger partial charge is 0.222 e. The minimum Gasteiger partial charge on any atom is -0.341 e. The van der Waals surface area contributed by atoms with E-state index in [1.54, 1.807) is 11.3 Å². The number of rotatable bonds is 3. The normalized spacial score (nSPS) is 19.6. The van der Waals surface area contributed by atoms with Crippen LogP contribution in [0, 0.1) is 0 Å². The summed E-state index contributed by atoms with van der Waals surface area (Å²) < 4.78 is 0. The Morgan fingerprint density at radius 3 is 3.00 bits per heavy atom. The number of nitrogens with two attached hydrogens (primary N) is 1. The van der Waals surface area contributed by atoms with Gasteiger partial charge in [-0.1, -0.05) is 0 Å². The second kappa shape index (κ2) is 6.23. The van der Waals surface area contributed by atoms with E-state index in [1.807, 2.05) is 10.3 Å². The van der Waals surface area contributed by atoms with Crippen molar-refractivity contribution in [2.45, 2.75) is 25.3 Å². The van der Waals surface area contributed by atoms with Crippen molar-refractivity contribution in [3.8, 4) is 0 Å². The summed E-state index contributed by atoms with van der Waals surface area (Å²) in [6, 6.07) is 2.27. The number of hydrogen-bond donors (Lipinski definition) is 1. The lowest BCUT2D eigenvalue weighted by molar-refractivity contribution is -0.130. The lowest BCUT2D eigenvalue weighted by atomic mass is 10.2. The number of thiophene rings is 1. The van der Waals surface area contributed by atoms with Crippen molar-refractivity contribution in [1.82, 2.24) is 4.90 Å². The van der Waals surface area contributed by atoms with E-state index >= 15 is 0 Å². The number of nitrogens with zero attached hydrogens (tertiary/aromatic N) is 1. The number of halogens is 1. The number of amides is 1. The zero-order valence-corrected chi connectivity index (χ0v) is 10.7. The summed E-state index contributed by atoms with van der Waals surface area (Å²) in [6.07, 6.45) is 2.42. The van der Waals surface area contributed by atoms with Gasteiger partial charge in [0.2, 0.25) is 5.91 Å². The van der Waals surface area contributed by atoms with Crippen LogP contribution in [0.3, 0.4) is 0 Å². The average Bonchev–Trinajstić information content (AvgIpc) is 2.84. The van der Waals surface area contributed by atoms with Gasteiger partial charge in [-0.3, -0.25) is 4.79 Å². The number of likely N-dealkylation sites (tertiary alicyclic amines) is 1. The first kappa shape index (κ1) is 13.5. The molecule has 1 fully saturated rings. The minimum absolute atomic E-state index is 0. The molecule has 0 spiro atoms. The maximum absolute atomic E-state index is 11.8. The van der Waals surface area contributed by atoms with Gasteiger partial charge in [-0.2, -0.15) is 11.3 Å². The van der Waals surface area contributed by atoms with Crippen molar-refractivity contribution in [1.29, 1.82) is 0 Å². The van der Waals surface area contributed by atoms with Gasteiger partial charge in [0.05, 0.1) is 0 Å². The maximum atomic E-state index is 11.8. The molecule has 0 aromatic carbocycles. The number of carbonyl (C=O) groups excluding carboxylic acids is 1. The van der Waals surface area contributed by atoms with Crippen molar-refractivity contribution < 1.29 is 4.79 Å². The van der Waals surface area contributed by atoms with Crippen molar-refractivity contribution >= 4 is 29.7 Å². The van der Waals surface area contributed by atoms with Crippen LogP contribution in [0.1, 0.15) is 18.4 Å². The molecule has 2 N–H and O–H groups in total. The van der Waals surface area contributed by atoms with Crippen LogP contribution in [0.15, 0.2) is 16.8 Å². The van der Waals surface area contributed by atoms with Crippen LogP contribution >= 0.6 is 23.7 Å². The average molecular weight is 261 g/mol. The molecule has 1 aliphatic rings. The highest BCUT2D eigenvalue weighted by atomic mass is 35.5. The lowest BCUT2D eigenvalue weighted by Gasteiger charge is -2.15. The minimum atomic E-state index is 0. The maximum Gasteiger partial charge on any atom is 0.222 e. The first-order valence-electron chi connectivity index (χ1n) is 5.30. The fourth-order valence-electron chi connectivity index (χ4n) is 1.86. The molecular weight excluding hydrogens is 244 g/mol. The van der Waals surface area contributed by atoms with Crippen molar-refractivity contribution in [2.24, 2.45) is 5.73 Å². The van der Waals surface area contributed by atoms with E-state index in [1.165, 1.54) is 5.56 Å². The topological polar surface area (TPSA) is 46.3 Å². The van der Waals surface area contributed by atoms with E-state index in [0.717, 1.165) is 25.9 Å². The highest BCUT2D eigenvalue weighted by molar-refractivity contribution is 7.07. The van der Waals surface area contributed by atoms with Gasteiger partial charge < -0.3 is 10.6 Å². The van der Waals surface area contributed by atoms with Gasteiger partial charge >= 0.3 is 0 Å².